The predicted molar refractivity (Wildman–Crippen MR) is 78.9 cm³/mol. The molecule has 1 aliphatic heterocycles. The molecule has 0 radical (unpaired) electrons. The minimum Gasteiger partial charge on any atom is -0.454 e. The van der Waals surface area contributed by atoms with Gasteiger partial charge in [0.1, 0.15) is 5.01 Å². The molecular formula is C14H14N4O2S. The van der Waals surface area contributed by atoms with Crippen molar-refractivity contribution in [3.05, 3.63) is 24.0 Å². The molecule has 6 nitrogen and oxygen atoms in total. The van der Waals surface area contributed by atoms with Crippen molar-refractivity contribution in [3.63, 3.8) is 0 Å². The maximum Gasteiger partial charge on any atom is 0.235 e. The second kappa shape index (κ2) is 4.17. The molecule has 0 spiro atoms. The minimum atomic E-state index is -0.0976. The van der Waals surface area contributed by atoms with Gasteiger partial charge in [-0.05, 0) is 18.2 Å². The van der Waals surface area contributed by atoms with Gasteiger partial charge in [0.25, 0.3) is 0 Å². The van der Waals surface area contributed by atoms with E-state index in [0.717, 1.165) is 32.9 Å². The number of ether oxygens (including phenoxy) is 2. The Kier molecular flexibility index (Phi) is 2.50. The van der Waals surface area contributed by atoms with Gasteiger partial charge in [-0.25, -0.2) is 0 Å². The van der Waals surface area contributed by atoms with Gasteiger partial charge >= 0.3 is 0 Å². The Morgan fingerprint density at radius 2 is 1.95 bits per heavy atom. The Hall–Kier alpha value is -2.15. The van der Waals surface area contributed by atoms with Crippen LogP contribution in [0.15, 0.2) is 18.2 Å². The summed E-state index contributed by atoms with van der Waals surface area (Å²) in [5.74, 6) is 2.40. The average Bonchev–Trinajstić information content (AvgIpc) is 3.10. The summed E-state index contributed by atoms with van der Waals surface area (Å²) < 4.78 is 12.6. The highest BCUT2D eigenvalue weighted by Gasteiger charge is 2.24. The van der Waals surface area contributed by atoms with Crippen molar-refractivity contribution in [3.8, 4) is 22.1 Å². The molecule has 0 unspecified atom stereocenters. The van der Waals surface area contributed by atoms with Crippen LogP contribution in [0.1, 0.15) is 26.6 Å². The fourth-order valence-corrected chi connectivity index (χ4v) is 3.07. The first-order valence-corrected chi connectivity index (χ1v) is 7.47. The lowest BCUT2D eigenvalue weighted by atomic mass is 9.96. The number of rotatable bonds is 1. The Balaban J connectivity index is 1.82. The first kappa shape index (κ1) is 12.6. The highest BCUT2D eigenvalue weighted by molar-refractivity contribution is 7.19. The van der Waals surface area contributed by atoms with Gasteiger partial charge in [0, 0.05) is 11.0 Å². The number of hydrogen-bond acceptors (Lipinski definition) is 6. The van der Waals surface area contributed by atoms with Crippen molar-refractivity contribution in [2.75, 3.05) is 6.79 Å². The third-order valence-corrected chi connectivity index (χ3v) is 4.23. The maximum absolute atomic E-state index is 5.41. The zero-order valence-electron chi connectivity index (χ0n) is 12.0. The van der Waals surface area contributed by atoms with Gasteiger partial charge < -0.3 is 9.47 Å². The van der Waals surface area contributed by atoms with E-state index >= 15 is 0 Å². The van der Waals surface area contributed by atoms with E-state index in [1.165, 1.54) is 11.3 Å². The maximum atomic E-state index is 5.41. The lowest BCUT2D eigenvalue weighted by Gasteiger charge is -2.13. The summed E-state index contributed by atoms with van der Waals surface area (Å²) in [6.07, 6.45) is 0. The SMILES string of the molecule is CC(C)(C)c1nnc2sc(-c3ccc4c(c3)OCO4)nn12. The van der Waals surface area contributed by atoms with Gasteiger partial charge in [-0.2, -0.15) is 9.61 Å². The van der Waals surface area contributed by atoms with Gasteiger partial charge in [0.05, 0.1) is 0 Å². The lowest BCUT2D eigenvalue weighted by molar-refractivity contribution is 0.174. The first-order valence-electron chi connectivity index (χ1n) is 6.65. The van der Waals surface area contributed by atoms with Crippen molar-refractivity contribution in [1.82, 2.24) is 19.8 Å². The highest BCUT2D eigenvalue weighted by Crippen LogP contribution is 2.37. The molecule has 21 heavy (non-hydrogen) atoms. The topological polar surface area (TPSA) is 61.5 Å². The summed E-state index contributed by atoms with van der Waals surface area (Å²) in [4.78, 5) is 0.799. The molecule has 0 saturated heterocycles. The normalized spacial score (nSPS) is 14.0. The molecule has 1 aromatic carbocycles. The van der Waals surface area contributed by atoms with E-state index in [1.54, 1.807) is 0 Å². The van der Waals surface area contributed by atoms with Crippen LogP contribution in [-0.4, -0.2) is 26.6 Å². The van der Waals surface area contributed by atoms with E-state index in [4.69, 9.17) is 9.47 Å². The summed E-state index contributed by atoms with van der Waals surface area (Å²) in [5.41, 5.74) is 0.897. The van der Waals surface area contributed by atoms with Gasteiger partial charge in [0.2, 0.25) is 11.8 Å². The zero-order valence-corrected chi connectivity index (χ0v) is 12.8. The summed E-state index contributed by atoms with van der Waals surface area (Å²) >= 11 is 1.51. The van der Waals surface area contributed by atoms with Crippen LogP contribution in [0, 0.1) is 0 Å². The average molecular weight is 302 g/mol. The monoisotopic (exact) mass is 302 g/mol. The largest absolute Gasteiger partial charge is 0.454 e. The van der Waals surface area contributed by atoms with Crippen LogP contribution in [0.3, 0.4) is 0 Å². The molecule has 0 atom stereocenters. The van der Waals surface area contributed by atoms with Gasteiger partial charge in [-0.1, -0.05) is 32.1 Å². The second-order valence-corrected chi connectivity index (χ2v) is 6.90. The van der Waals surface area contributed by atoms with E-state index < -0.39 is 0 Å². The number of nitrogens with zero attached hydrogens (tertiary/aromatic N) is 4. The van der Waals surface area contributed by atoms with E-state index in [9.17, 15) is 0 Å². The van der Waals surface area contributed by atoms with Crippen LogP contribution in [-0.2, 0) is 5.41 Å². The molecule has 108 valence electrons. The molecule has 3 heterocycles. The second-order valence-electron chi connectivity index (χ2n) is 5.94. The van der Waals surface area contributed by atoms with E-state index in [2.05, 4.69) is 36.1 Å². The Morgan fingerprint density at radius 1 is 1.14 bits per heavy atom. The molecule has 3 aromatic rings. The molecule has 0 saturated carbocycles. The molecule has 1 aliphatic rings. The highest BCUT2D eigenvalue weighted by atomic mass is 32.1. The fraction of sp³-hybridized carbons (Fsp3) is 0.357. The zero-order chi connectivity index (χ0) is 14.6. The molecule has 2 aromatic heterocycles. The molecule has 4 rings (SSSR count). The summed E-state index contributed by atoms with van der Waals surface area (Å²) in [7, 11) is 0. The number of hydrogen-bond donors (Lipinski definition) is 0. The minimum absolute atomic E-state index is 0.0976. The summed E-state index contributed by atoms with van der Waals surface area (Å²) in [6.45, 7) is 6.58. The Morgan fingerprint density at radius 3 is 2.76 bits per heavy atom. The van der Waals surface area contributed by atoms with E-state index in [-0.39, 0.29) is 12.2 Å². The van der Waals surface area contributed by atoms with Crippen LogP contribution >= 0.6 is 11.3 Å². The number of aromatic nitrogens is 4. The van der Waals surface area contributed by atoms with Crippen LogP contribution in [0.25, 0.3) is 15.5 Å². The summed E-state index contributed by atoms with van der Waals surface area (Å²) in [5, 5.41) is 14.0. The molecule has 7 heteroatoms. The number of benzene rings is 1. The third-order valence-electron chi connectivity index (χ3n) is 3.28. The van der Waals surface area contributed by atoms with Crippen LogP contribution < -0.4 is 9.47 Å². The van der Waals surface area contributed by atoms with Crippen molar-refractivity contribution >= 4 is 16.3 Å². The van der Waals surface area contributed by atoms with Gasteiger partial charge in [-0.15, -0.1) is 10.2 Å². The quantitative estimate of drug-likeness (QED) is 0.691. The standard InChI is InChI=1S/C14H14N4O2S/c1-14(2,3)12-15-16-13-18(12)17-11(21-13)8-4-5-9-10(6-8)20-7-19-9/h4-6H,7H2,1-3H3. The first-order chi connectivity index (χ1) is 10.0. The van der Waals surface area contributed by atoms with Crippen LogP contribution in [0.4, 0.5) is 0 Å². The van der Waals surface area contributed by atoms with Crippen molar-refractivity contribution in [2.45, 2.75) is 26.2 Å². The predicted octanol–water partition coefficient (Wildman–Crippen LogP) is 2.88. The molecule has 0 N–H and O–H groups in total. The Bertz CT molecular complexity index is 831. The van der Waals surface area contributed by atoms with Crippen molar-refractivity contribution < 1.29 is 9.47 Å². The van der Waals surface area contributed by atoms with Crippen LogP contribution in [0.5, 0.6) is 11.5 Å². The smallest absolute Gasteiger partial charge is 0.235 e. The van der Waals surface area contributed by atoms with Crippen molar-refractivity contribution in [2.24, 2.45) is 0 Å². The van der Waals surface area contributed by atoms with Crippen LogP contribution in [0.2, 0.25) is 0 Å². The lowest BCUT2D eigenvalue weighted by Crippen LogP contribution is -2.16. The number of fused-ring (bicyclic) bond motifs is 2. The summed E-state index contributed by atoms with van der Waals surface area (Å²) in [6, 6.07) is 5.84. The fourth-order valence-electron chi connectivity index (χ4n) is 2.23. The van der Waals surface area contributed by atoms with E-state index in [0.29, 0.717) is 0 Å². The molecule has 0 fully saturated rings. The van der Waals surface area contributed by atoms with E-state index in [1.807, 2.05) is 22.7 Å². The molecule has 0 bridgehead atoms. The Labute approximate surface area is 125 Å². The van der Waals surface area contributed by atoms with Crippen molar-refractivity contribution in [1.29, 1.82) is 0 Å². The third kappa shape index (κ3) is 1.96. The molecule has 0 amide bonds. The van der Waals surface area contributed by atoms with Gasteiger partial charge in [-0.3, -0.25) is 0 Å². The van der Waals surface area contributed by atoms with Gasteiger partial charge in [0.15, 0.2) is 17.3 Å². The molecule has 0 aliphatic carbocycles. The molecular weight excluding hydrogens is 288 g/mol.